The van der Waals surface area contributed by atoms with Crippen molar-refractivity contribution in [2.45, 2.75) is 26.3 Å². The highest BCUT2D eigenvalue weighted by atomic mass is 16.4. The maximum atomic E-state index is 12.9. The Morgan fingerprint density at radius 1 is 1.12 bits per heavy atom. The maximum absolute atomic E-state index is 12.9. The van der Waals surface area contributed by atoms with E-state index in [4.69, 9.17) is 5.11 Å². The molecule has 0 atom stereocenters. The van der Waals surface area contributed by atoms with Crippen LogP contribution in [-0.2, 0) is 11.3 Å². The summed E-state index contributed by atoms with van der Waals surface area (Å²) < 4.78 is 1.91. The number of carbonyl (C=O) groups is 2. The lowest BCUT2D eigenvalue weighted by Crippen LogP contribution is -2.21. The van der Waals surface area contributed by atoms with E-state index < -0.39 is 5.97 Å². The first kappa shape index (κ1) is 21.3. The number of ketones is 1. The molecular weight excluding hydrogens is 402 g/mol. The van der Waals surface area contributed by atoms with Gasteiger partial charge in [-0.2, -0.15) is 0 Å². The molecule has 0 amide bonds. The Balaban J connectivity index is 1.47. The first-order chi connectivity index (χ1) is 15.5. The first-order valence-electron chi connectivity index (χ1n) is 10.6. The fourth-order valence-electron chi connectivity index (χ4n) is 3.52. The number of allylic oxidation sites excluding steroid dienone is 2. The van der Waals surface area contributed by atoms with Crippen molar-refractivity contribution in [2.24, 2.45) is 0 Å². The summed E-state index contributed by atoms with van der Waals surface area (Å²) in [4.78, 5) is 28.2. The Bertz CT molecular complexity index is 1200. The molecule has 3 aromatic rings. The highest BCUT2D eigenvalue weighted by Crippen LogP contribution is 2.35. The van der Waals surface area contributed by atoms with Crippen molar-refractivity contribution in [3.05, 3.63) is 101 Å². The average molecular weight is 428 g/mol. The number of aromatic nitrogens is 2. The minimum Gasteiger partial charge on any atom is -0.480 e. The summed E-state index contributed by atoms with van der Waals surface area (Å²) in [5.41, 5.74) is 6.26. The van der Waals surface area contributed by atoms with Gasteiger partial charge in [0.15, 0.2) is 0 Å². The van der Waals surface area contributed by atoms with Crippen molar-refractivity contribution in [1.82, 2.24) is 14.9 Å². The number of carbonyl (C=O) groups excluding carboxylic acids is 1. The first-order valence-corrected chi connectivity index (χ1v) is 10.6. The Hall–Kier alpha value is -3.93. The van der Waals surface area contributed by atoms with E-state index in [2.05, 4.69) is 10.3 Å². The third-order valence-electron chi connectivity index (χ3n) is 5.31. The van der Waals surface area contributed by atoms with Gasteiger partial charge in [0.25, 0.3) is 0 Å². The van der Waals surface area contributed by atoms with Gasteiger partial charge < -0.3 is 15.0 Å². The predicted octanol–water partition coefficient (Wildman–Crippen LogP) is 4.32. The number of aliphatic carboxylic acids is 1. The molecule has 1 aliphatic carbocycles. The van der Waals surface area contributed by atoms with Gasteiger partial charge in [0.1, 0.15) is 6.54 Å². The van der Waals surface area contributed by atoms with Crippen molar-refractivity contribution in [1.29, 1.82) is 0 Å². The summed E-state index contributed by atoms with van der Waals surface area (Å²) in [6.45, 7) is 2.42. The molecule has 2 aromatic heterocycles. The van der Waals surface area contributed by atoms with Crippen molar-refractivity contribution in [2.75, 3.05) is 6.54 Å². The number of carboxylic acids is 1. The van der Waals surface area contributed by atoms with Crippen molar-refractivity contribution >= 4 is 23.5 Å². The molecular formula is C26H25N3O3. The minimum atomic E-state index is -0.888. The molecule has 0 bridgehead atoms. The highest BCUT2D eigenvalue weighted by molar-refractivity contribution is 6.08. The number of nitrogens with zero attached hydrogens (tertiary/aromatic N) is 2. The monoisotopic (exact) mass is 427 g/mol. The van der Waals surface area contributed by atoms with Crippen molar-refractivity contribution in [3.63, 3.8) is 0 Å². The second-order valence-electron chi connectivity index (χ2n) is 7.84. The van der Waals surface area contributed by atoms with Crippen LogP contribution < -0.4 is 5.32 Å². The third-order valence-corrected chi connectivity index (χ3v) is 5.31. The second-order valence-corrected chi connectivity index (χ2v) is 7.84. The molecule has 2 N–H and O–H groups in total. The lowest BCUT2D eigenvalue weighted by atomic mass is 10.1. The zero-order valence-electron chi connectivity index (χ0n) is 17.9. The normalized spacial score (nSPS) is 12.7. The van der Waals surface area contributed by atoms with Crippen LogP contribution in [0.15, 0.2) is 72.6 Å². The van der Waals surface area contributed by atoms with Gasteiger partial charge in [-0.3, -0.25) is 14.6 Å². The summed E-state index contributed by atoms with van der Waals surface area (Å²) in [5, 5.41) is 12.0. The van der Waals surface area contributed by atoms with E-state index in [0.717, 1.165) is 35.4 Å². The predicted molar refractivity (Wildman–Crippen MR) is 124 cm³/mol. The van der Waals surface area contributed by atoms with E-state index in [9.17, 15) is 9.59 Å². The molecule has 1 aliphatic rings. The molecule has 4 rings (SSSR count). The molecule has 2 heterocycles. The van der Waals surface area contributed by atoms with Crippen LogP contribution in [0.4, 0.5) is 0 Å². The number of pyridine rings is 1. The SMILES string of the molecule is Cc1ccc(C(=O)c2cccn2C/C=C/c2cc(C(NCC(=O)O)=C3CC3)ccn2)cc1. The summed E-state index contributed by atoms with van der Waals surface area (Å²) in [6, 6.07) is 15.1. The molecule has 6 heteroatoms. The lowest BCUT2D eigenvalue weighted by Gasteiger charge is -2.10. The van der Waals surface area contributed by atoms with Crippen LogP contribution in [0.1, 0.15) is 45.7 Å². The number of rotatable bonds is 9. The fraction of sp³-hybridized carbons (Fsp3) is 0.192. The summed E-state index contributed by atoms with van der Waals surface area (Å²) >= 11 is 0. The minimum absolute atomic E-state index is 0.00581. The van der Waals surface area contributed by atoms with Gasteiger partial charge in [-0.05, 0) is 55.7 Å². The van der Waals surface area contributed by atoms with Crippen LogP contribution >= 0.6 is 0 Å². The zero-order valence-corrected chi connectivity index (χ0v) is 17.9. The van der Waals surface area contributed by atoms with E-state index in [-0.39, 0.29) is 12.3 Å². The van der Waals surface area contributed by atoms with Crippen LogP contribution in [0.5, 0.6) is 0 Å². The molecule has 6 nitrogen and oxygen atoms in total. The Kier molecular flexibility index (Phi) is 6.31. The van der Waals surface area contributed by atoms with Gasteiger partial charge in [-0.15, -0.1) is 0 Å². The maximum Gasteiger partial charge on any atom is 0.322 e. The van der Waals surface area contributed by atoms with Gasteiger partial charge in [0.2, 0.25) is 5.78 Å². The number of carboxylic acid groups (broad SMARTS) is 1. The largest absolute Gasteiger partial charge is 0.480 e. The molecule has 32 heavy (non-hydrogen) atoms. The lowest BCUT2D eigenvalue weighted by molar-refractivity contribution is -0.135. The van der Waals surface area contributed by atoms with Crippen LogP contribution in [-0.4, -0.2) is 33.0 Å². The van der Waals surface area contributed by atoms with E-state index in [1.807, 2.05) is 78.4 Å². The second kappa shape index (κ2) is 9.47. The molecule has 1 aromatic carbocycles. The van der Waals surface area contributed by atoms with Gasteiger partial charge >= 0.3 is 5.97 Å². The molecule has 1 fully saturated rings. The van der Waals surface area contributed by atoms with Gasteiger partial charge in [-0.1, -0.05) is 35.9 Å². The molecule has 0 saturated heterocycles. The van der Waals surface area contributed by atoms with Crippen LogP contribution in [0, 0.1) is 6.92 Å². The van der Waals surface area contributed by atoms with Crippen LogP contribution in [0.25, 0.3) is 11.8 Å². The molecule has 0 radical (unpaired) electrons. The van der Waals surface area contributed by atoms with Gasteiger partial charge in [0.05, 0.1) is 11.4 Å². The van der Waals surface area contributed by atoms with Crippen molar-refractivity contribution in [3.8, 4) is 0 Å². The number of hydrogen-bond acceptors (Lipinski definition) is 4. The summed E-state index contributed by atoms with van der Waals surface area (Å²) in [7, 11) is 0. The topological polar surface area (TPSA) is 84.2 Å². The molecule has 0 aliphatic heterocycles. The summed E-state index contributed by atoms with van der Waals surface area (Å²) in [6.07, 6.45) is 9.47. The highest BCUT2D eigenvalue weighted by Gasteiger charge is 2.19. The molecule has 162 valence electrons. The number of benzene rings is 1. The van der Waals surface area contributed by atoms with E-state index >= 15 is 0 Å². The number of nitrogens with one attached hydrogen (secondary N) is 1. The van der Waals surface area contributed by atoms with Gasteiger partial charge in [0, 0.05) is 35.8 Å². The average Bonchev–Trinajstić information content (AvgIpc) is 3.51. The Morgan fingerprint density at radius 2 is 1.91 bits per heavy atom. The number of hydrogen-bond donors (Lipinski definition) is 2. The van der Waals surface area contributed by atoms with E-state index in [1.165, 1.54) is 5.57 Å². The summed E-state index contributed by atoms with van der Waals surface area (Å²) in [5.74, 6) is -0.894. The van der Waals surface area contributed by atoms with Crippen LogP contribution in [0.2, 0.25) is 0 Å². The van der Waals surface area contributed by atoms with E-state index in [0.29, 0.717) is 17.8 Å². The standard InChI is InChI=1S/C26H25N3O3/c1-18-6-8-20(9-7-18)26(32)23-5-3-15-29(23)14-2-4-22-16-21(12-13-27-22)25(19-10-11-19)28-17-24(30)31/h2-9,12-13,15-16,28H,10-11,14,17H2,1H3,(H,30,31)/b4-2+. The van der Waals surface area contributed by atoms with E-state index in [1.54, 1.807) is 6.20 Å². The number of aryl methyl sites for hydroxylation is 1. The Morgan fingerprint density at radius 3 is 2.62 bits per heavy atom. The molecule has 1 saturated carbocycles. The van der Waals surface area contributed by atoms with Gasteiger partial charge in [-0.25, -0.2) is 0 Å². The van der Waals surface area contributed by atoms with Crippen molar-refractivity contribution < 1.29 is 14.7 Å². The molecule has 0 unspecified atom stereocenters. The van der Waals surface area contributed by atoms with Crippen LogP contribution in [0.3, 0.4) is 0 Å². The zero-order chi connectivity index (χ0) is 22.5. The Labute approximate surface area is 186 Å². The smallest absolute Gasteiger partial charge is 0.322 e. The fourth-order valence-corrected chi connectivity index (χ4v) is 3.52. The quantitative estimate of drug-likeness (QED) is 0.497. The molecule has 0 spiro atoms. The third kappa shape index (κ3) is 5.21.